The molecule has 2 heterocycles. The smallest absolute Gasteiger partial charge is 0.300 e. The van der Waals surface area contributed by atoms with Gasteiger partial charge in [0.25, 0.3) is 6.01 Å². The molecule has 1 aliphatic heterocycles. The fraction of sp³-hybridized carbons (Fsp3) is 0.286. The molecule has 0 aliphatic carbocycles. The first-order valence-corrected chi connectivity index (χ1v) is 9.42. The molecule has 0 atom stereocenters. The van der Waals surface area contributed by atoms with Crippen molar-refractivity contribution < 1.29 is 18.0 Å². The van der Waals surface area contributed by atoms with Crippen molar-refractivity contribution in [1.82, 2.24) is 9.88 Å². The van der Waals surface area contributed by atoms with Gasteiger partial charge >= 0.3 is 0 Å². The summed E-state index contributed by atoms with van der Waals surface area (Å²) in [6, 6.07) is 7.31. The molecular formula is C21H21F2N4O2. The Labute approximate surface area is 166 Å². The normalized spacial score (nSPS) is 14.6. The van der Waals surface area contributed by atoms with E-state index in [0.29, 0.717) is 23.3 Å². The SMILES string of the molecule is NCc1ccc(F)cc1Nc1nc2ccc(CC(=O)CN3C[CH]CC3)c(F)c2o1. The molecule has 1 fully saturated rings. The molecule has 1 aromatic heterocycles. The van der Waals surface area contributed by atoms with E-state index in [0.717, 1.165) is 19.5 Å². The summed E-state index contributed by atoms with van der Waals surface area (Å²) >= 11 is 0. The zero-order chi connectivity index (χ0) is 20.4. The number of hydrogen-bond acceptors (Lipinski definition) is 6. The van der Waals surface area contributed by atoms with Crippen molar-refractivity contribution in [1.29, 1.82) is 0 Å². The number of Topliss-reactive ketones (excluding diaryl/α,β-unsaturated/α-hetero) is 1. The number of fused-ring (bicyclic) bond motifs is 1. The number of nitrogens with zero attached hydrogens (tertiary/aromatic N) is 2. The van der Waals surface area contributed by atoms with Crippen molar-refractivity contribution in [3.63, 3.8) is 0 Å². The predicted molar refractivity (Wildman–Crippen MR) is 106 cm³/mol. The number of aromatic nitrogens is 1. The average Bonchev–Trinajstić information content (AvgIpc) is 3.34. The minimum atomic E-state index is -0.609. The van der Waals surface area contributed by atoms with Crippen LogP contribution in [-0.4, -0.2) is 35.3 Å². The number of benzene rings is 2. The van der Waals surface area contributed by atoms with Crippen molar-refractivity contribution in [2.45, 2.75) is 19.4 Å². The molecular weight excluding hydrogens is 378 g/mol. The van der Waals surface area contributed by atoms with Crippen LogP contribution in [0.15, 0.2) is 34.7 Å². The number of oxazole rings is 1. The largest absolute Gasteiger partial charge is 0.420 e. The lowest BCUT2D eigenvalue weighted by Crippen LogP contribution is -2.28. The number of carbonyl (C=O) groups is 1. The van der Waals surface area contributed by atoms with Gasteiger partial charge < -0.3 is 15.5 Å². The summed E-state index contributed by atoms with van der Waals surface area (Å²) in [6.45, 7) is 2.14. The summed E-state index contributed by atoms with van der Waals surface area (Å²) in [7, 11) is 0. The van der Waals surface area contributed by atoms with Crippen molar-refractivity contribution in [2.75, 3.05) is 25.0 Å². The number of hydrogen-bond donors (Lipinski definition) is 2. The lowest BCUT2D eigenvalue weighted by Gasteiger charge is -2.13. The van der Waals surface area contributed by atoms with Gasteiger partial charge in [0.2, 0.25) is 0 Å². The fourth-order valence-electron chi connectivity index (χ4n) is 3.45. The van der Waals surface area contributed by atoms with E-state index in [9.17, 15) is 13.6 Å². The predicted octanol–water partition coefficient (Wildman–Crippen LogP) is 3.33. The molecule has 0 amide bonds. The maximum Gasteiger partial charge on any atom is 0.300 e. The molecule has 8 heteroatoms. The van der Waals surface area contributed by atoms with E-state index in [1.165, 1.54) is 12.1 Å². The third-order valence-corrected chi connectivity index (χ3v) is 4.93. The number of likely N-dealkylation sites (tertiary alicyclic amines) is 1. The van der Waals surface area contributed by atoms with Crippen LogP contribution >= 0.6 is 0 Å². The van der Waals surface area contributed by atoms with Crippen molar-refractivity contribution in [3.8, 4) is 0 Å². The summed E-state index contributed by atoms with van der Waals surface area (Å²) in [4.78, 5) is 18.5. The van der Waals surface area contributed by atoms with Gasteiger partial charge in [-0.05, 0) is 48.7 Å². The highest BCUT2D eigenvalue weighted by Gasteiger charge is 2.19. The summed E-state index contributed by atoms with van der Waals surface area (Å²) in [5, 5.41) is 2.85. The van der Waals surface area contributed by atoms with E-state index in [1.54, 1.807) is 18.2 Å². The molecule has 2 aromatic carbocycles. The molecule has 1 radical (unpaired) electrons. The van der Waals surface area contributed by atoms with Crippen LogP contribution in [0.3, 0.4) is 0 Å². The maximum atomic E-state index is 14.9. The topological polar surface area (TPSA) is 84.4 Å². The Morgan fingerprint density at radius 3 is 2.83 bits per heavy atom. The average molecular weight is 399 g/mol. The fourth-order valence-corrected chi connectivity index (χ4v) is 3.45. The quantitative estimate of drug-likeness (QED) is 0.634. The molecule has 1 aliphatic rings. The van der Waals surface area contributed by atoms with Crippen LogP contribution in [-0.2, 0) is 17.8 Å². The summed E-state index contributed by atoms with van der Waals surface area (Å²) in [6.07, 6.45) is 3.08. The van der Waals surface area contributed by atoms with Gasteiger partial charge in [0.05, 0.1) is 6.54 Å². The third kappa shape index (κ3) is 4.28. The number of ketones is 1. The highest BCUT2D eigenvalue weighted by Crippen LogP contribution is 2.28. The molecule has 151 valence electrons. The highest BCUT2D eigenvalue weighted by atomic mass is 19.1. The molecule has 0 spiro atoms. The molecule has 4 rings (SSSR count). The number of rotatable bonds is 7. The zero-order valence-corrected chi connectivity index (χ0v) is 15.8. The van der Waals surface area contributed by atoms with Crippen LogP contribution in [0.4, 0.5) is 20.5 Å². The lowest BCUT2D eigenvalue weighted by molar-refractivity contribution is -0.119. The molecule has 3 aromatic rings. The van der Waals surface area contributed by atoms with E-state index in [1.807, 2.05) is 4.90 Å². The molecule has 0 unspecified atom stereocenters. The van der Waals surface area contributed by atoms with E-state index < -0.39 is 11.6 Å². The van der Waals surface area contributed by atoms with Gasteiger partial charge in [-0.1, -0.05) is 12.1 Å². The van der Waals surface area contributed by atoms with Gasteiger partial charge in [-0.3, -0.25) is 9.69 Å². The van der Waals surface area contributed by atoms with Gasteiger partial charge in [-0.2, -0.15) is 4.98 Å². The standard InChI is InChI=1S/C21H21F2N4O2/c22-15-5-3-14(11-24)18(10-15)26-21-25-17-6-4-13(19(23)20(17)29-21)9-16(28)12-27-7-1-2-8-27/h1,3-6,10H,2,7-9,11-12,24H2,(H,25,26). The maximum absolute atomic E-state index is 14.9. The number of nitrogens with one attached hydrogen (secondary N) is 1. The Bertz CT molecular complexity index is 1040. The van der Waals surface area contributed by atoms with E-state index >= 15 is 0 Å². The van der Waals surface area contributed by atoms with E-state index in [4.69, 9.17) is 10.2 Å². The van der Waals surface area contributed by atoms with Gasteiger partial charge in [-0.25, -0.2) is 8.78 Å². The first-order chi connectivity index (χ1) is 14.0. The lowest BCUT2D eigenvalue weighted by atomic mass is 10.1. The highest BCUT2D eigenvalue weighted by molar-refractivity contribution is 5.85. The molecule has 6 nitrogen and oxygen atoms in total. The van der Waals surface area contributed by atoms with Crippen LogP contribution in [0.2, 0.25) is 0 Å². The number of nitrogens with two attached hydrogens (primary N) is 1. The first kappa shape index (κ1) is 19.5. The molecule has 29 heavy (non-hydrogen) atoms. The number of anilines is 2. The van der Waals surface area contributed by atoms with Crippen molar-refractivity contribution in [2.24, 2.45) is 5.73 Å². The van der Waals surface area contributed by atoms with E-state index in [2.05, 4.69) is 16.7 Å². The van der Waals surface area contributed by atoms with Crippen LogP contribution < -0.4 is 11.1 Å². The number of carbonyl (C=O) groups excluding carboxylic acids is 1. The number of halogens is 2. The second kappa shape index (κ2) is 8.26. The summed E-state index contributed by atoms with van der Waals surface area (Å²) in [5.74, 6) is -1.10. The Morgan fingerprint density at radius 1 is 1.24 bits per heavy atom. The summed E-state index contributed by atoms with van der Waals surface area (Å²) in [5.41, 5.74) is 7.26. The van der Waals surface area contributed by atoms with E-state index in [-0.39, 0.29) is 35.9 Å². The second-order valence-corrected chi connectivity index (χ2v) is 7.06. The Balaban J connectivity index is 1.54. The molecule has 1 saturated heterocycles. The Kier molecular flexibility index (Phi) is 5.55. The first-order valence-electron chi connectivity index (χ1n) is 9.42. The third-order valence-electron chi connectivity index (χ3n) is 4.93. The van der Waals surface area contributed by atoms with Crippen LogP contribution in [0.5, 0.6) is 0 Å². The van der Waals surface area contributed by atoms with Crippen molar-refractivity contribution in [3.05, 3.63) is 59.5 Å². The van der Waals surface area contributed by atoms with Gasteiger partial charge in [0.15, 0.2) is 17.2 Å². The second-order valence-electron chi connectivity index (χ2n) is 7.06. The molecule has 0 saturated carbocycles. The van der Waals surface area contributed by atoms with Crippen LogP contribution in [0, 0.1) is 18.1 Å². The Hall–Kier alpha value is -2.84. The van der Waals surface area contributed by atoms with Gasteiger partial charge in [-0.15, -0.1) is 0 Å². The Morgan fingerprint density at radius 2 is 2.07 bits per heavy atom. The zero-order valence-electron chi connectivity index (χ0n) is 15.8. The summed E-state index contributed by atoms with van der Waals surface area (Å²) < 4.78 is 33.9. The minimum Gasteiger partial charge on any atom is -0.420 e. The molecule has 3 N–H and O–H groups in total. The van der Waals surface area contributed by atoms with Gasteiger partial charge in [0.1, 0.15) is 11.3 Å². The van der Waals surface area contributed by atoms with Crippen molar-refractivity contribution >= 4 is 28.6 Å². The van der Waals surface area contributed by atoms with Crippen LogP contribution in [0.1, 0.15) is 17.5 Å². The van der Waals surface area contributed by atoms with Gasteiger partial charge in [0, 0.05) is 25.2 Å². The van der Waals surface area contributed by atoms with Crippen LogP contribution in [0.25, 0.3) is 11.1 Å². The monoisotopic (exact) mass is 399 g/mol. The minimum absolute atomic E-state index is 0.0110. The molecule has 0 bridgehead atoms.